The molecule has 0 fully saturated rings. The lowest BCUT2D eigenvalue weighted by atomic mass is 10.1. The average molecular weight is 294 g/mol. The molecule has 1 aromatic carbocycles. The van der Waals surface area contributed by atoms with E-state index in [4.69, 9.17) is 16.3 Å². The second-order valence-electron chi connectivity index (χ2n) is 4.74. The summed E-state index contributed by atoms with van der Waals surface area (Å²) < 4.78 is 6.15. The van der Waals surface area contributed by atoms with E-state index in [0.29, 0.717) is 0 Å². The second-order valence-corrected chi connectivity index (χ2v) is 6.38. The molecular formula is C15H16ClNOS. The molecule has 1 unspecified atom stereocenters. The van der Waals surface area contributed by atoms with Gasteiger partial charge in [0.15, 0.2) is 6.10 Å². The van der Waals surface area contributed by atoms with E-state index in [0.717, 1.165) is 35.0 Å². The molecule has 2 nitrogen and oxygen atoms in total. The van der Waals surface area contributed by atoms with Crippen molar-refractivity contribution >= 4 is 28.6 Å². The van der Waals surface area contributed by atoms with Gasteiger partial charge < -0.3 is 10.1 Å². The molecule has 0 bridgehead atoms. The summed E-state index contributed by atoms with van der Waals surface area (Å²) in [6.45, 7) is 4.99. The average Bonchev–Trinajstić information content (AvgIpc) is 2.87. The Labute approximate surface area is 122 Å². The molecule has 2 heterocycles. The van der Waals surface area contributed by atoms with Crippen molar-refractivity contribution in [3.63, 3.8) is 0 Å². The summed E-state index contributed by atoms with van der Waals surface area (Å²) in [5, 5.41) is 4.16. The van der Waals surface area contributed by atoms with Gasteiger partial charge in [0.05, 0.1) is 12.2 Å². The largest absolute Gasteiger partial charge is 0.481 e. The van der Waals surface area contributed by atoms with Gasteiger partial charge in [-0.3, -0.25) is 0 Å². The number of benzene rings is 1. The van der Waals surface area contributed by atoms with Crippen molar-refractivity contribution in [2.75, 3.05) is 11.9 Å². The molecule has 0 saturated carbocycles. The molecule has 1 aliphatic rings. The maximum atomic E-state index is 6.15. The summed E-state index contributed by atoms with van der Waals surface area (Å²) in [6, 6.07) is 8.22. The summed E-state index contributed by atoms with van der Waals surface area (Å²) in [7, 11) is 0. The Bertz CT molecular complexity index is 608. The Morgan fingerprint density at radius 3 is 3.00 bits per heavy atom. The van der Waals surface area contributed by atoms with Crippen molar-refractivity contribution in [2.24, 2.45) is 0 Å². The van der Waals surface area contributed by atoms with E-state index in [1.807, 2.05) is 30.4 Å². The standard InChI is InChI=1S/C15H16ClNOS/c1-3-11-4-5-14(19-11)13-8-17-12-7-10(16)6-9(2)15(12)18-13/h4-7,13,17H,3,8H2,1-2H3. The Hall–Kier alpha value is -1.19. The van der Waals surface area contributed by atoms with E-state index < -0.39 is 0 Å². The third kappa shape index (κ3) is 2.45. The van der Waals surface area contributed by atoms with Gasteiger partial charge in [0.1, 0.15) is 5.75 Å². The summed E-state index contributed by atoms with van der Waals surface area (Å²) in [5.74, 6) is 0.923. The predicted molar refractivity (Wildman–Crippen MR) is 81.7 cm³/mol. The first-order valence-electron chi connectivity index (χ1n) is 6.46. The highest BCUT2D eigenvalue weighted by Crippen LogP contribution is 2.40. The SMILES string of the molecule is CCc1ccc(C2CNc3cc(Cl)cc(C)c3O2)s1. The van der Waals surface area contributed by atoms with E-state index in [1.165, 1.54) is 9.75 Å². The molecule has 1 N–H and O–H groups in total. The number of nitrogens with one attached hydrogen (secondary N) is 1. The fourth-order valence-corrected chi connectivity index (χ4v) is 3.58. The molecule has 1 atom stereocenters. The number of fused-ring (bicyclic) bond motifs is 1. The molecule has 3 rings (SSSR count). The lowest BCUT2D eigenvalue weighted by Gasteiger charge is -2.28. The minimum Gasteiger partial charge on any atom is -0.481 e. The number of thiophene rings is 1. The van der Waals surface area contributed by atoms with E-state index >= 15 is 0 Å². The highest BCUT2D eigenvalue weighted by Gasteiger charge is 2.23. The molecule has 0 radical (unpaired) electrons. The summed E-state index contributed by atoms with van der Waals surface area (Å²) in [5.41, 5.74) is 2.07. The maximum Gasteiger partial charge on any atom is 0.150 e. The van der Waals surface area contributed by atoms with Crippen molar-refractivity contribution in [3.05, 3.63) is 44.6 Å². The maximum absolute atomic E-state index is 6.15. The normalized spacial score (nSPS) is 17.5. The predicted octanol–water partition coefficient (Wildman–Crippen LogP) is 4.82. The zero-order chi connectivity index (χ0) is 13.4. The zero-order valence-electron chi connectivity index (χ0n) is 11.0. The van der Waals surface area contributed by atoms with E-state index in [-0.39, 0.29) is 6.10 Å². The van der Waals surface area contributed by atoms with Crippen LogP contribution in [0.5, 0.6) is 5.75 Å². The van der Waals surface area contributed by atoms with Crippen LogP contribution in [-0.4, -0.2) is 6.54 Å². The number of hydrogen-bond acceptors (Lipinski definition) is 3. The van der Waals surface area contributed by atoms with Gasteiger partial charge in [-0.05, 0) is 43.2 Å². The quantitative estimate of drug-likeness (QED) is 0.857. The highest BCUT2D eigenvalue weighted by molar-refractivity contribution is 7.12. The Morgan fingerprint density at radius 1 is 1.42 bits per heavy atom. The molecule has 1 aromatic heterocycles. The van der Waals surface area contributed by atoms with Crippen LogP contribution in [-0.2, 0) is 6.42 Å². The van der Waals surface area contributed by atoms with Gasteiger partial charge in [0.2, 0.25) is 0 Å². The van der Waals surface area contributed by atoms with Crippen LogP contribution in [0.1, 0.15) is 28.3 Å². The number of rotatable bonds is 2. The topological polar surface area (TPSA) is 21.3 Å². The van der Waals surface area contributed by atoms with Crippen LogP contribution in [0, 0.1) is 6.92 Å². The van der Waals surface area contributed by atoms with Crippen molar-refractivity contribution in [2.45, 2.75) is 26.4 Å². The Balaban J connectivity index is 1.89. The lowest BCUT2D eigenvalue weighted by molar-refractivity contribution is 0.213. The van der Waals surface area contributed by atoms with Gasteiger partial charge in [0, 0.05) is 14.8 Å². The first-order chi connectivity index (χ1) is 9.17. The molecule has 19 heavy (non-hydrogen) atoms. The Morgan fingerprint density at radius 2 is 2.26 bits per heavy atom. The van der Waals surface area contributed by atoms with Crippen molar-refractivity contribution < 1.29 is 4.74 Å². The summed E-state index contributed by atoms with van der Waals surface area (Å²) in [6.07, 6.45) is 1.17. The monoisotopic (exact) mass is 293 g/mol. The highest BCUT2D eigenvalue weighted by atomic mass is 35.5. The molecule has 0 spiro atoms. The minimum absolute atomic E-state index is 0.0951. The van der Waals surface area contributed by atoms with Crippen molar-refractivity contribution in [1.82, 2.24) is 0 Å². The minimum atomic E-state index is 0.0951. The number of halogens is 1. The molecule has 1 aliphatic heterocycles. The molecule has 2 aromatic rings. The Kier molecular flexibility index (Phi) is 3.42. The number of anilines is 1. The second kappa shape index (κ2) is 5.06. The number of ether oxygens (including phenoxy) is 1. The summed E-state index contributed by atoms with van der Waals surface area (Å²) >= 11 is 7.90. The molecule has 0 amide bonds. The third-order valence-electron chi connectivity index (χ3n) is 3.33. The molecule has 0 saturated heterocycles. The van der Waals surface area contributed by atoms with Gasteiger partial charge in [0.25, 0.3) is 0 Å². The molecule has 100 valence electrons. The fraction of sp³-hybridized carbons (Fsp3) is 0.333. The van der Waals surface area contributed by atoms with Gasteiger partial charge in [-0.1, -0.05) is 18.5 Å². The smallest absolute Gasteiger partial charge is 0.150 e. The lowest BCUT2D eigenvalue weighted by Crippen LogP contribution is -2.23. The van der Waals surface area contributed by atoms with Gasteiger partial charge in [-0.2, -0.15) is 0 Å². The van der Waals surface area contributed by atoms with E-state index in [9.17, 15) is 0 Å². The third-order valence-corrected chi connectivity index (χ3v) is 4.87. The van der Waals surface area contributed by atoms with Crippen LogP contribution in [0.4, 0.5) is 5.69 Å². The van der Waals surface area contributed by atoms with Crippen molar-refractivity contribution in [3.8, 4) is 5.75 Å². The van der Waals surface area contributed by atoms with Crippen molar-refractivity contribution in [1.29, 1.82) is 0 Å². The first kappa shape index (κ1) is 12.8. The van der Waals surface area contributed by atoms with Gasteiger partial charge >= 0.3 is 0 Å². The molecule has 0 aliphatic carbocycles. The van der Waals surface area contributed by atoms with Crippen LogP contribution in [0.25, 0.3) is 0 Å². The summed E-state index contributed by atoms with van der Waals surface area (Å²) in [4.78, 5) is 2.68. The molecule has 4 heteroatoms. The van der Waals surface area contributed by atoms with E-state index in [2.05, 4.69) is 24.4 Å². The van der Waals surface area contributed by atoms with Crippen LogP contribution in [0.2, 0.25) is 5.02 Å². The fourth-order valence-electron chi connectivity index (χ4n) is 2.32. The first-order valence-corrected chi connectivity index (χ1v) is 7.66. The van der Waals surface area contributed by atoms with Crippen LogP contribution < -0.4 is 10.1 Å². The van der Waals surface area contributed by atoms with Crippen LogP contribution in [0.15, 0.2) is 24.3 Å². The zero-order valence-corrected chi connectivity index (χ0v) is 12.6. The number of aryl methyl sites for hydroxylation is 2. The molecular weight excluding hydrogens is 278 g/mol. The van der Waals surface area contributed by atoms with Crippen LogP contribution in [0.3, 0.4) is 0 Å². The van der Waals surface area contributed by atoms with Crippen LogP contribution >= 0.6 is 22.9 Å². The number of hydrogen-bond donors (Lipinski definition) is 1. The van der Waals surface area contributed by atoms with Gasteiger partial charge in [-0.25, -0.2) is 0 Å². The van der Waals surface area contributed by atoms with E-state index in [1.54, 1.807) is 0 Å². The van der Waals surface area contributed by atoms with Gasteiger partial charge in [-0.15, -0.1) is 11.3 Å².